The Morgan fingerprint density at radius 3 is 2.84 bits per heavy atom. The average Bonchev–Trinajstić information content (AvgIpc) is 3.42. The molecule has 2 saturated heterocycles. The maximum Gasteiger partial charge on any atom is 0.246 e. The molecule has 0 spiro atoms. The van der Waals surface area contributed by atoms with Crippen molar-refractivity contribution >= 4 is 28.3 Å². The highest BCUT2D eigenvalue weighted by molar-refractivity contribution is 7.15. The lowest BCUT2D eigenvalue weighted by molar-refractivity contribution is -0.125. The topological polar surface area (TPSA) is 95.5 Å². The number of carbonyl (C=O) groups is 1. The van der Waals surface area contributed by atoms with Crippen molar-refractivity contribution < 1.29 is 9.53 Å². The van der Waals surface area contributed by atoms with E-state index in [1.807, 2.05) is 24.9 Å². The zero-order chi connectivity index (χ0) is 22.3. The van der Waals surface area contributed by atoms with Gasteiger partial charge in [0, 0.05) is 56.4 Å². The van der Waals surface area contributed by atoms with E-state index in [1.165, 1.54) is 0 Å². The van der Waals surface area contributed by atoms with Crippen LogP contribution >= 0.6 is 11.3 Å². The van der Waals surface area contributed by atoms with Crippen LogP contribution in [-0.4, -0.2) is 76.1 Å². The summed E-state index contributed by atoms with van der Waals surface area (Å²) in [5.41, 5.74) is 1.91. The maximum atomic E-state index is 12.1. The number of amides is 1. The van der Waals surface area contributed by atoms with Crippen LogP contribution in [0.1, 0.15) is 29.6 Å². The van der Waals surface area contributed by atoms with E-state index in [2.05, 4.69) is 26.6 Å². The molecule has 0 radical (unpaired) electrons. The number of carbonyl (C=O) groups excluding carboxylic acids is 1. The lowest BCUT2D eigenvalue weighted by Gasteiger charge is -2.26. The minimum atomic E-state index is 0.0804. The Balaban J connectivity index is 1.43. The fourth-order valence-corrected chi connectivity index (χ4v) is 4.56. The Hall–Kier alpha value is -2.40. The molecule has 2 N–H and O–H groups in total. The van der Waals surface area contributed by atoms with E-state index < -0.39 is 0 Å². The number of rotatable bonds is 8. The number of ether oxygens (including phenoxy) is 1. The van der Waals surface area contributed by atoms with Gasteiger partial charge in [-0.05, 0) is 32.4 Å². The molecule has 1 atom stereocenters. The third kappa shape index (κ3) is 6.32. The SMILES string of the molecule is C/C=C/C(=O)N1CCC(NCc2cc(CN3CCOCC3)nc(Nc3ncc(C)s3)n2)C1. The molecule has 0 bridgehead atoms. The van der Waals surface area contributed by atoms with E-state index in [4.69, 9.17) is 14.7 Å². The summed E-state index contributed by atoms with van der Waals surface area (Å²) in [5, 5.41) is 7.62. The summed E-state index contributed by atoms with van der Waals surface area (Å²) < 4.78 is 5.47. The summed E-state index contributed by atoms with van der Waals surface area (Å²) in [4.78, 5) is 31.3. The van der Waals surface area contributed by atoms with Crippen molar-refractivity contribution in [1.29, 1.82) is 0 Å². The first-order valence-corrected chi connectivity index (χ1v) is 11.9. The second-order valence-electron chi connectivity index (χ2n) is 8.11. The van der Waals surface area contributed by atoms with Crippen LogP contribution in [0.2, 0.25) is 0 Å². The van der Waals surface area contributed by atoms with Gasteiger partial charge < -0.3 is 20.3 Å². The molecule has 172 valence electrons. The van der Waals surface area contributed by atoms with Gasteiger partial charge in [0.1, 0.15) is 0 Å². The largest absolute Gasteiger partial charge is 0.379 e. The van der Waals surface area contributed by atoms with Crippen molar-refractivity contribution in [2.24, 2.45) is 0 Å². The van der Waals surface area contributed by atoms with E-state index in [9.17, 15) is 4.79 Å². The highest BCUT2D eigenvalue weighted by Gasteiger charge is 2.24. The second-order valence-corrected chi connectivity index (χ2v) is 9.35. The molecule has 1 unspecified atom stereocenters. The van der Waals surface area contributed by atoms with Crippen LogP contribution in [0.15, 0.2) is 24.4 Å². The fourth-order valence-electron chi connectivity index (χ4n) is 3.90. The molecule has 2 aromatic rings. The summed E-state index contributed by atoms with van der Waals surface area (Å²) in [7, 11) is 0. The Labute approximate surface area is 192 Å². The summed E-state index contributed by atoms with van der Waals surface area (Å²) in [6, 6.07) is 2.33. The number of hydrogen-bond acceptors (Lipinski definition) is 9. The van der Waals surface area contributed by atoms with Crippen LogP contribution in [0.25, 0.3) is 0 Å². The zero-order valence-electron chi connectivity index (χ0n) is 18.7. The van der Waals surface area contributed by atoms with Gasteiger partial charge in [-0.25, -0.2) is 15.0 Å². The van der Waals surface area contributed by atoms with E-state index in [-0.39, 0.29) is 11.9 Å². The molecule has 2 aliphatic rings. The first-order chi connectivity index (χ1) is 15.6. The minimum Gasteiger partial charge on any atom is -0.379 e. The number of likely N-dealkylation sites (tertiary alicyclic amines) is 1. The number of allylic oxidation sites excluding steroid dienone is 1. The van der Waals surface area contributed by atoms with Gasteiger partial charge >= 0.3 is 0 Å². The van der Waals surface area contributed by atoms with Crippen LogP contribution < -0.4 is 10.6 Å². The van der Waals surface area contributed by atoms with Gasteiger partial charge in [-0.3, -0.25) is 9.69 Å². The summed E-state index contributed by atoms with van der Waals surface area (Å²) in [6.45, 7) is 10.1. The normalized spacial score (nSPS) is 19.7. The molecule has 2 fully saturated rings. The van der Waals surface area contributed by atoms with Crippen molar-refractivity contribution in [1.82, 2.24) is 30.1 Å². The van der Waals surface area contributed by atoms with Gasteiger partial charge in [0.25, 0.3) is 0 Å². The smallest absolute Gasteiger partial charge is 0.246 e. The summed E-state index contributed by atoms with van der Waals surface area (Å²) in [5.74, 6) is 0.648. The highest BCUT2D eigenvalue weighted by Crippen LogP contribution is 2.21. The summed E-state index contributed by atoms with van der Waals surface area (Å²) in [6.07, 6.45) is 6.20. The first-order valence-electron chi connectivity index (χ1n) is 11.1. The minimum absolute atomic E-state index is 0.0804. The van der Waals surface area contributed by atoms with Crippen LogP contribution in [0.4, 0.5) is 11.1 Å². The highest BCUT2D eigenvalue weighted by atomic mass is 32.1. The third-order valence-corrected chi connectivity index (χ3v) is 6.37. The molecule has 0 saturated carbocycles. The van der Waals surface area contributed by atoms with Crippen LogP contribution in [0, 0.1) is 6.92 Å². The first kappa shape index (κ1) is 22.8. The van der Waals surface area contributed by atoms with E-state index in [0.29, 0.717) is 12.5 Å². The van der Waals surface area contributed by atoms with Gasteiger partial charge in [-0.2, -0.15) is 0 Å². The number of nitrogens with zero attached hydrogens (tertiary/aromatic N) is 5. The molecule has 9 nitrogen and oxygen atoms in total. The Morgan fingerprint density at radius 1 is 1.28 bits per heavy atom. The summed E-state index contributed by atoms with van der Waals surface area (Å²) >= 11 is 1.58. The van der Waals surface area contributed by atoms with Gasteiger partial charge in [0.2, 0.25) is 11.9 Å². The molecule has 4 heterocycles. The van der Waals surface area contributed by atoms with Crippen LogP contribution in [0.5, 0.6) is 0 Å². The second kappa shape index (κ2) is 11.0. The van der Waals surface area contributed by atoms with Crippen molar-refractivity contribution in [3.63, 3.8) is 0 Å². The molecular formula is C22H31N7O2S. The van der Waals surface area contributed by atoms with Crippen LogP contribution in [-0.2, 0) is 22.6 Å². The standard InChI is InChI=1S/C22H31N7O2S/c1-3-4-20(30)29-6-5-17(15-29)23-13-18-11-19(14-28-7-9-31-10-8-28)26-21(25-18)27-22-24-12-16(2)32-22/h3-4,11-12,17,23H,5-10,13-15H2,1-2H3,(H,24,25,26,27)/b4-3+. The maximum absolute atomic E-state index is 12.1. The average molecular weight is 458 g/mol. The fraction of sp³-hybridized carbons (Fsp3) is 0.545. The predicted octanol–water partition coefficient (Wildman–Crippen LogP) is 2.08. The van der Waals surface area contributed by atoms with Gasteiger partial charge in [-0.15, -0.1) is 11.3 Å². The lowest BCUT2D eigenvalue weighted by Crippen LogP contribution is -2.36. The monoisotopic (exact) mass is 457 g/mol. The van der Waals surface area contributed by atoms with Crippen molar-refractivity contribution in [2.75, 3.05) is 44.7 Å². The predicted molar refractivity (Wildman–Crippen MR) is 125 cm³/mol. The quantitative estimate of drug-likeness (QED) is 0.582. The molecule has 32 heavy (non-hydrogen) atoms. The lowest BCUT2D eigenvalue weighted by atomic mass is 10.2. The third-order valence-electron chi connectivity index (χ3n) is 5.54. The van der Waals surface area contributed by atoms with Gasteiger partial charge in [0.15, 0.2) is 5.13 Å². The Bertz CT molecular complexity index is 942. The van der Waals surface area contributed by atoms with E-state index in [1.54, 1.807) is 23.5 Å². The number of aromatic nitrogens is 3. The molecule has 0 aromatic carbocycles. The molecule has 4 rings (SSSR count). The molecule has 2 aromatic heterocycles. The van der Waals surface area contributed by atoms with Crippen molar-refractivity contribution in [3.8, 4) is 0 Å². The van der Waals surface area contributed by atoms with Crippen LogP contribution in [0.3, 0.4) is 0 Å². The van der Waals surface area contributed by atoms with Gasteiger partial charge in [-0.1, -0.05) is 6.08 Å². The molecular weight excluding hydrogens is 426 g/mol. The van der Waals surface area contributed by atoms with E-state index in [0.717, 1.165) is 73.8 Å². The number of anilines is 2. The molecule has 1 amide bonds. The van der Waals surface area contributed by atoms with E-state index >= 15 is 0 Å². The Morgan fingerprint density at radius 2 is 2.09 bits per heavy atom. The zero-order valence-corrected chi connectivity index (χ0v) is 19.5. The number of thiazole rings is 1. The number of hydrogen-bond donors (Lipinski definition) is 2. The molecule has 2 aliphatic heterocycles. The van der Waals surface area contributed by atoms with Crippen molar-refractivity contribution in [2.45, 2.75) is 39.4 Å². The molecule has 0 aliphatic carbocycles. The number of morpholine rings is 1. The van der Waals surface area contributed by atoms with Gasteiger partial charge in [0.05, 0.1) is 24.6 Å². The van der Waals surface area contributed by atoms with Crippen molar-refractivity contribution in [3.05, 3.63) is 40.7 Å². The number of nitrogens with one attached hydrogen (secondary N) is 2. The Kier molecular flexibility index (Phi) is 7.80. The molecule has 10 heteroatoms. The number of aryl methyl sites for hydroxylation is 1.